The van der Waals surface area contributed by atoms with E-state index in [1.54, 1.807) is 0 Å². The lowest BCUT2D eigenvalue weighted by Gasteiger charge is -2.08. The zero-order valence-corrected chi connectivity index (χ0v) is 12.4. The van der Waals surface area contributed by atoms with Crippen LogP contribution < -0.4 is 10.5 Å². The summed E-state index contributed by atoms with van der Waals surface area (Å²) in [4.78, 5) is 0. The van der Waals surface area contributed by atoms with Crippen molar-refractivity contribution in [3.8, 4) is 5.75 Å². The number of amidine groups is 1. The molecule has 0 saturated heterocycles. The Morgan fingerprint density at radius 1 is 1.35 bits per heavy atom. The van der Waals surface area contributed by atoms with Gasteiger partial charge in [0.05, 0.1) is 11.1 Å². The molecule has 0 heterocycles. The van der Waals surface area contributed by atoms with E-state index in [1.807, 2.05) is 18.2 Å². The van der Waals surface area contributed by atoms with Crippen molar-refractivity contribution in [1.82, 2.24) is 0 Å². The summed E-state index contributed by atoms with van der Waals surface area (Å²) in [6.07, 6.45) is 2.28. The van der Waals surface area contributed by atoms with Crippen molar-refractivity contribution in [2.75, 3.05) is 6.61 Å². The van der Waals surface area contributed by atoms with Crippen LogP contribution in [0.1, 0.15) is 19.3 Å². The van der Waals surface area contributed by atoms with Gasteiger partial charge in [0.15, 0.2) is 0 Å². The lowest BCUT2D eigenvalue weighted by Crippen LogP contribution is -2.11. The fourth-order valence-corrected chi connectivity index (χ4v) is 2.39. The van der Waals surface area contributed by atoms with Crippen molar-refractivity contribution in [3.63, 3.8) is 0 Å². The van der Waals surface area contributed by atoms with Gasteiger partial charge in [0.1, 0.15) is 11.6 Å². The Hall–Kier alpha value is -0.750. The number of unbranched alkanes of at least 4 members (excludes halogenated alkanes) is 1. The number of nitrogens with two attached hydrogens (primary N) is 1. The Morgan fingerprint density at radius 2 is 2.12 bits per heavy atom. The van der Waals surface area contributed by atoms with Gasteiger partial charge in [0.2, 0.25) is 0 Å². The molecule has 0 saturated carbocycles. The first kappa shape index (κ1) is 14.3. The van der Waals surface area contributed by atoms with Crippen molar-refractivity contribution in [2.24, 2.45) is 10.9 Å². The van der Waals surface area contributed by atoms with E-state index in [1.165, 1.54) is 0 Å². The summed E-state index contributed by atoms with van der Waals surface area (Å²) < 4.78 is 7.52. The first-order valence-electron chi connectivity index (χ1n) is 5.17. The number of oxime groups is 1. The average Bonchev–Trinajstić information content (AvgIpc) is 2.30. The molecule has 1 aromatic carbocycles. The van der Waals surface area contributed by atoms with E-state index < -0.39 is 0 Å². The molecule has 0 atom stereocenters. The van der Waals surface area contributed by atoms with Gasteiger partial charge in [-0.1, -0.05) is 21.1 Å². The van der Waals surface area contributed by atoms with Crippen LogP contribution in [0.25, 0.3) is 0 Å². The smallest absolute Gasteiger partial charge is 0.139 e. The van der Waals surface area contributed by atoms with Crippen LogP contribution in [-0.4, -0.2) is 17.6 Å². The molecule has 94 valence electrons. The molecular weight excluding hydrogens is 352 g/mol. The molecule has 1 rings (SSSR count). The minimum absolute atomic E-state index is 0.259. The van der Waals surface area contributed by atoms with E-state index in [0.717, 1.165) is 27.5 Å². The molecule has 1 aromatic rings. The standard InChI is InChI=1S/C11H14Br2N2O2/c12-8-4-5-10(9(13)7-8)17-6-2-1-3-11(14)15-16/h4-5,7,16H,1-3,6H2,(H2,14,15). The van der Waals surface area contributed by atoms with Gasteiger partial charge in [-0.25, -0.2) is 0 Å². The summed E-state index contributed by atoms with van der Waals surface area (Å²) in [6.45, 7) is 0.610. The number of rotatable bonds is 6. The molecule has 6 heteroatoms. The Kier molecular flexibility index (Phi) is 6.36. The zero-order valence-electron chi connectivity index (χ0n) is 9.20. The van der Waals surface area contributed by atoms with Crippen molar-refractivity contribution in [1.29, 1.82) is 0 Å². The van der Waals surface area contributed by atoms with Crippen LogP contribution in [0.4, 0.5) is 0 Å². The predicted octanol–water partition coefficient (Wildman–Crippen LogP) is 3.51. The van der Waals surface area contributed by atoms with Gasteiger partial charge in [0, 0.05) is 10.9 Å². The van der Waals surface area contributed by atoms with Crippen molar-refractivity contribution < 1.29 is 9.94 Å². The lowest BCUT2D eigenvalue weighted by molar-refractivity contribution is 0.303. The summed E-state index contributed by atoms with van der Waals surface area (Å²) in [6, 6.07) is 5.76. The Morgan fingerprint density at radius 3 is 2.76 bits per heavy atom. The third-order valence-electron chi connectivity index (χ3n) is 2.11. The van der Waals surface area contributed by atoms with Crippen LogP contribution in [0.5, 0.6) is 5.75 Å². The first-order valence-corrected chi connectivity index (χ1v) is 6.76. The molecular formula is C11H14Br2N2O2. The summed E-state index contributed by atoms with van der Waals surface area (Å²) in [5.41, 5.74) is 5.35. The largest absolute Gasteiger partial charge is 0.492 e. The second-order valence-corrected chi connectivity index (χ2v) is 5.24. The number of nitrogens with zero attached hydrogens (tertiary/aromatic N) is 1. The number of benzene rings is 1. The van der Waals surface area contributed by atoms with Crippen LogP contribution in [0.15, 0.2) is 32.3 Å². The van der Waals surface area contributed by atoms with Crippen molar-refractivity contribution in [3.05, 3.63) is 27.1 Å². The minimum Gasteiger partial charge on any atom is -0.492 e. The van der Waals surface area contributed by atoms with E-state index in [-0.39, 0.29) is 5.84 Å². The second-order valence-electron chi connectivity index (χ2n) is 3.47. The van der Waals surface area contributed by atoms with Gasteiger partial charge in [0.25, 0.3) is 0 Å². The fraction of sp³-hybridized carbons (Fsp3) is 0.364. The summed E-state index contributed by atoms with van der Waals surface area (Å²) in [5.74, 6) is 1.08. The maximum absolute atomic E-state index is 8.35. The van der Waals surface area contributed by atoms with Crippen LogP contribution in [-0.2, 0) is 0 Å². The molecule has 0 spiro atoms. The molecule has 0 amide bonds. The summed E-state index contributed by atoms with van der Waals surface area (Å²) >= 11 is 6.80. The molecule has 0 aliphatic carbocycles. The third kappa shape index (κ3) is 5.41. The highest BCUT2D eigenvalue weighted by Gasteiger charge is 2.01. The van der Waals surface area contributed by atoms with Gasteiger partial charge < -0.3 is 15.7 Å². The van der Waals surface area contributed by atoms with Gasteiger partial charge in [-0.05, 0) is 47.0 Å². The minimum atomic E-state index is 0.259. The third-order valence-corrected chi connectivity index (χ3v) is 3.22. The monoisotopic (exact) mass is 364 g/mol. The molecule has 0 unspecified atom stereocenters. The Balaban J connectivity index is 2.27. The van der Waals surface area contributed by atoms with Crippen molar-refractivity contribution >= 4 is 37.7 Å². The van der Waals surface area contributed by atoms with Gasteiger partial charge in [-0.15, -0.1) is 0 Å². The van der Waals surface area contributed by atoms with E-state index in [4.69, 9.17) is 15.7 Å². The SMILES string of the molecule is NC(CCCCOc1ccc(Br)cc1Br)=NO. The Bertz CT molecular complexity index is 397. The first-order chi connectivity index (χ1) is 8.13. The van der Waals surface area contributed by atoms with Gasteiger partial charge in [-0.2, -0.15) is 0 Å². The van der Waals surface area contributed by atoms with Gasteiger partial charge >= 0.3 is 0 Å². The molecule has 0 bridgehead atoms. The number of ether oxygens (including phenoxy) is 1. The lowest BCUT2D eigenvalue weighted by atomic mass is 10.2. The predicted molar refractivity (Wildman–Crippen MR) is 74.6 cm³/mol. The quantitative estimate of drug-likeness (QED) is 0.266. The normalized spacial score (nSPS) is 11.5. The summed E-state index contributed by atoms with van der Waals surface area (Å²) in [5, 5.41) is 11.3. The highest BCUT2D eigenvalue weighted by molar-refractivity contribution is 9.11. The topological polar surface area (TPSA) is 67.8 Å². The van der Waals surface area contributed by atoms with E-state index in [9.17, 15) is 0 Å². The fourth-order valence-electron chi connectivity index (χ4n) is 1.23. The molecule has 0 radical (unpaired) electrons. The maximum Gasteiger partial charge on any atom is 0.139 e. The highest BCUT2D eigenvalue weighted by atomic mass is 79.9. The zero-order chi connectivity index (χ0) is 12.7. The van der Waals surface area contributed by atoms with Crippen LogP contribution in [0, 0.1) is 0 Å². The number of hydrogen-bond donors (Lipinski definition) is 2. The Labute approximate surface area is 117 Å². The number of halogens is 2. The maximum atomic E-state index is 8.35. The molecule has 3 N–H and O–H groups in total. The average molecular weight is 366 g/mol. The van der Waals surface area contributed by atoms with E-state index in [0.29, 0.717) is 13.0 Å². The molecule has 0 aliphatic heterocycles. The van der Waals surface area contributed by atoms with Crippen LogP contribution in [0.2, 0.25) is 0 Å². The van der Waals surface area contributed by atoms with Crippen LogP contribution in [0.3, 0.4) is 0 Å². The molecule has 17 heavy (non-hydrogen) atoms. The van der Waals surface area contributed by atoms with Crippen molar-refractivity contribution in [2.45, 2.75) is 19.3 Å². The van der Waals surface area contributed by atoms with Gasteiger partial charge in [-0.3, -0.25) is 0 Å². The molecule has 0 fully saturated rings. The second kappa shape index (κ2) is 7.55. The van der Waals surface area contributed by atoms with E-state index in [2.05, 4.69) is 37.0 Å². The molecule has 0 aromatic heterocycles. The highest BCUT2D eigenvalue weighted by Crippen LogP contribution is 2.28. The van der Waals surface area contributed by atoms with Crippen LogP contribution >= 0.6 is 31.9 Å². The number of hydrogen-bond acceptors (Lipinski definition) is 3. The molecule has 4 nitrogen and oxygen atoms in total. The molecule has 0 aliphatic rings. The van der Waals surface area contributed by atoms with E-state index >= 15 is 0 Å². The summed E-state index contributed by atoms with van der Waals surface area (Å²) in [7, 11) is 0.